The van der Waals surface area contributed by atoms with Gasteiger partial charge in [-0.1, -0.05) is 35.9 Å². The van der Waals surface area contributed by atoms with Crippen LogP contribution in [0.2, 0.25) is 5.02 Å². The maximum absolute atomic E-state index is 11.1. The van der Waals surface area contributed by atoms with Gasteiger partial charge in [0.2, 0.25) is 0 Å². The lowest BCUT2D eigenvalue weighted by atomic mass is 9.97. The molecule has 3 nitrogen and oxygen atoms in total. The third kappa shape index (κ3) is 4.10. The molecular formula is C17H15ClO3. The van der Waals surface area contributed by atoms with Crippen molar-refractivity contribution in [2.24, 2.45) is 0 Å². The van der Waals surface area contributed by atoms with Gasteiger partial charge in [0, 0.05) is 11.1 Å². The first kappa shape index (κ1) is 15.1. The van der Waals surface area contributed by atoms with Gasteiger partial charge < -0.3 is 9.84 Å². The largest absolute Gasteiger partial charge is 0.494 e. The Morgan fingerprint density at radius 1 is 1.10 bits per heavy atom. The highest BCUT2D eigenvalue weighted by Gasteiger charge is 2.08. The van der Waals surface area contributed by atoms with E-state index in [4.69, 9.17) is 21.4 Å². The predicted molar refractivity (Wildman–Crippen MR) is 83.8 cm³/mol. The Bertz CT molecular complexity index is 643. The molecule has 21 heavy (non-hydrogen) atoms. The lowest BCUT2D eigenvalue weighted by molar-refractivity contribution is -0.131. The molecule has 4 heteroatoms. The molecule has 0 spiro atoms. The summed E-state index contributed by atoms with van der Waals surface area (Å²) in [5.41, 5.74) is 2.23. The molecule has 0 aliphatic carbocycles. The van der Waals surface area contributed by atoms with Crippen LogP contribution >= 0.6 is 11.6 Å². The van der Waals surface area contributed by atoms with E-state index in [1.807, 2.05) is 31.2 Å². The number of carboxylic acids is 1. The molecule has 0 aliphatic heterocycles. The van der Waals surface area contributed by atoms with Gasteiger partial charge in [0.1, 0.15) is 5.75 Å². The molecule has 0 amide bonds. The second-order valence-electron chi connectivity index (χ2n) is 4.36. The second kappa shape index (κ2) is 6.95. The van der Waals surface area contributed by atoms with Gasteiger partial charge in [-0.2, -0.15) is 0 Å². The first-order valence-electron chi connectivity index (χ1n) is 6.54. The Labute approximate surface area is 128 Å². The monoisotopic (exact) mass is 302 g/mol. The van der Waals surface area contributed by atoms with Crippen LogP contribution in [0.15, 0.2) is 54.6 Å². The van der Waals surface area contributed by atoms with Crippen LogP contribution < -0.4 is 4.74 Å². The van der Waals surface area contributed by atoms with E-state index in [1.54, 1.807) is 24.3 Å². The summed E-state index contributed by atoms with van der Waals surface area (Å²) in [6.07, 6.45) is 1.19. The van der Waals surface area contributed by atoms with E-state index in [2.05, 4.69) is 0 Å². The fraction of sp³-hybridized carbons (Fsp3) is 0.118. The molecule has 0 unspecified atom stereocenters. The number of aliphatic carboxylic acids is 1. The molecule has 1 N–H and O–H groups in total. The van der Waals surface area contributed by atoms with Crippen LogP contribution in [0.4, 0.5) is 0 Å². The molecule has 0 aromatic heterocycles. The summed E-state index contributed by atoms with van der Waals surface area (Å²) in [6.45, 7) is 2.51. The van der Waals surface area contributed by atoms with E-state index in [0.717, 1.165) is 16.9 Å². The molecule has 0 atom stereocenters. The number of benzene rings is 2. The van der Waals surface area contributed by atoms with Crippen LogP contribution in [-0.2, 0) is 4.79 Å². The van der Waals surface area contributed by atoms with Crippen molar-refractivity contribution in [3.63, 3.8) is 0 Å². The SMILES string of the molecule is CCOc1ccc(/C(=C\C(=O)O)c2ccc(Cl)cc2)cc1. The lowest BCUT2D eigenvalue weighted by Gasteiger charge is -2.09. The van der Waals surface area contributed by atoms with E-state index in [0.29, 0.717) is 17.2 Å². The topological polar surface area (TPSA) is 46.5 Å². The number of carboxylic acid groups (broad SMARTS) is 1. The highest BCUT2D eigenvalue weighted by atomic mass is 35.5. The quantitative estimate of drug-likeness (QED) is 0.840. The van der Waals surface area contributed by atoms with Gasteiger partial charge in [-0.05, 0) is 47.9 Å². The minimum atomic E-state index is -0.992. The fourth-order valence-electron chi connectivity index (χ4n) is 1.98. The van der Waals surface area contributed by atoms with Crippen LogP contribution in [0.1, 0.15) is 18.1 Å². The van der Waals surface area contributed by atoms with Crippen LogP contribution in [-0.4, -0.2) is 17.7 Å². The molecule has 0 radical (unpaired) electrons. The number of ether oxygens (including phenoxy) is 1. The standard InChI is InChI=1S/C17H15ClO3/c1-2-21-15-9-5-13(6-10-15)16(11-17(19)20)12-3-7-14(18)8-4-12/h3-11H,2H2,1H3,(H,19,20)/b16-11-. The molecule has 0 saturated heterocycles. The van der Waals surface area contributed by atoms with Crippen LogP contribution in [0, 0.1) is 0 Å². The second-order valence-corrected chi connectivity index (χ2v) is 4.80. The van der Waals surface area contributed by atoms with Gasteiger partial charge in [0.15, 0.2) is 0 Å². The third-order valence-electron chi connectivity index (χ3n) is 2.90. The number of hydrogen-bond donors (Lipinski definition) is 1. The van der Waals surface area contributed by atoms with Crippen molar-refractivity contribution < 1.29 is 14.6 Å². The molecule has 0 bridgehead atoms. The van der Waals surface area contributed by atoms with E-state index in [1.165, 1.54) is 6.08 Å². The Kier molecular flexibility index (Phi) is 5.01. The van der Waals surface area contributed by atoms with E-state index in [9.17, 15) is 4.79 Å². The van der Waals surface area contributed by atoms with Crippen molar-refractivity contribution in [1.82, 2.24) is 0 Å². The Balaban J connectivity index is 2.41. The molecule has 0 saturated carbocycles. The summed E-state index contributed by atoms with van der Waals surface area (Å²) < 4.78 is 5.39. The Hall–Kier alpha value is -2.26. The summed E-state index contributed by atoms with van der Waals surface area (Å²) in [6, 6.07) is 14.4. The average Bonchev–Trinajstić information content (AvgIpc) is 2.47. The third-order valence-corrected chi connectivity index (χ3v) is 3.15. The number of hydrogen-bond acceptors (Lipinski definition) is 2. The van der Waals surface area contributed by atoms with Crippen molar-refractivity contribution in [3.05, 3.63) is 70.8 Å². The van der Waals surface area contributed by atoms with E-state index < -0.39 is 5.97 Å². The van der Waals surface area contributed by atoms with Crippen molar-refractivity contribution in [2.45, 2.75) is 6.92 Å². The fourth-order valence-corrected chi connectivity index (χ4v) is 2.11. The Morgan fingerprint density at radius 2 is 1.62 bits per heavy atom. The lowest BCUT2D eigenvalue weighted by Crippen LogP contribution is -1.96. The number of halogens is 1. The van der Waals surface area contributed by atoms with Gasteiger partial charge >= 0.3 is 5.97 Å². The van der Waals surface area contributed by atoms with Crippen molar-refractivity contribution in [1.29, 1.82) is 0 Å². The summed E-state index contributed by atoms with van der Waals surface area (Å²) in [4.78, 5) is 11.1. The van der Waals surface area contributed by atoms with Crippen LogP contribution in [0.3, 0.4) is 0 Å². The number of carbonyl (C=O) groups is 1. The van der Waals surface area contributed by atoms with Gasteiger partial charge in [-0.3, -0.25) is 0 Å². The van der Waals surface area contributed by atoms with Gasteiger partial charge in [0.25, 0.3) is 0 Å². The smallest absolute Gasteiger partial charge is 0.328 e. The van der Waals surface area contributed by atoms with E-state index >= 15 is 0 Å². The van der Waals surface area contributed by atoms with Crippen LogP contribution in [0.5, 0.6) is 5.75 Å². The minimum absolute atomic E-state index is 0.592. The normalized spacial score (nSPS) is 11.2. The minimum Gasteiger partial charge on any atom is -0.494 e. The first-order valence-corrected chi connectivity index (χ1v) is 6.91. The molecule has 0 heterocycles. The highest BCUT2D eigenvalue weighted by molar-refractivity contribution is 6.30. The Morgan fingerprint density at radius 3 is 2.10 bits per heavy atom. The molecule has 2 rings (SSSR count). The molecule has 0 aliphatic rings. The average molecular weight is 303 g/mol. The van der Waals surface area contributed by atoms with Gasteiger partial charge in [0.05, 0.1) is 6.61 Å². The highest BCUT2D eigenvalue weighted by Crippen LogP contribution is 2.26. The number of rotatable bonds is 5. The van der Waals surface area contributed by atoms with Crippen molar-refractivity contribution in [2.75, 3.05) is 6.61 Å². The molecular weight excluding hydrogens is 288 g/mol. The summed E-state index contributed by atoms with van der Waals surface area (Å²) >= 11 is 5.87. The van der Waals surface area contributed by atoms with Gasteiger partial charge in [-0.25, -0.2) is 4.79 Å². The molecule has 0 fully saturated rings. The van der Waals surface area contributed by atoms with E-state index in [-0.39, 0.29) is 0 Å². The summed E-state index contributed by atoms with van der Waals surface area (Å²) in [5, 5.41) is 9.68. The van der Waals surface area contributed by atoms with Crippen molar-refractivity contribution >= 4 is 23.1 Å². The maximum atomic E-state index is 11.1. The first-order chi connectivity index (χ1) is 10.1. The van der Waals surface area contributed by atoms with Crippen LogP contribution in [0.25, 0.3) is 5.57 Å². The maximum Gasteiger partial charge on any atom is 0.328 e. The molecule has 2 aromatic carbocycles. The predicted octanol–water partition coefficient (Wildman–Crippen LogP) is 4.26. The van der Waals surface area contributed by atoms with Gasteiger partial charge in [-0.15, -0.1) is 0 Å². The molecule has 2 aromatic rings. The zero-order chi connectivity index (χ0) is 15.2. The molecule has 108 valence electrons. The summed E-state index contributed by atoms with van der Waals surface area (Å²) in [7, 11) is 0. The zero-order valence-corrected chi connectivity index (χ0v) is 12.3. The summed E-state index contributed by atoms with van der Waals surface area (Å²) in [5.74, 6) is -0.235. The van der Waals surface area contributed by atoms with Crippen molar-refractivity contribution in [3.8, 4) is 5.75 Å². The zero-order valence-electron chi connectivity index (χ0n) is 11.5.